The van der Waals surface area contributed by atoms with E-state index in [1.807, 2.05) is 54.7 Å². The second kappa shape index (κ2) is 6.65. The Bertz CT molecular complexity index is 1000. The number of nitrogens with one attached hydrogen (secondary N) is 2. The van der Waals surface area contributed by atoms with Crippen LogP contribution in [0.3, 0.4) is 0 Å². The molecule has 4 aromatic rings. The normalized spacial score (nSPS) is 10.9. The van der Waals surface area contributed by atoms with Gasteiger partial charge in [0.15, 0.2) is 6.39 Å². The molecule has 2 N–H and O–H groups in total. The number of fused-ring (bicyclic) bond motifs is 1. The van der Waals surface area contributed by atoms with E-state index >= 15 is 0 Å². The van der Waals surface area contributed by atoms with Crippen LogP contribution in [0.5, 0.6) is 0 Å². The average molecular weight is 331 g/mol. The molecule has 0 aliphatic carbocycles. The fraction of sp³-hybridized carbons (Fsp3) is 0.100. The van der Waals surface area contributed by atoms with Gasteiger partial charge in [0.1, 0.15) is 5.69 Å². The number of rotatable bonds is 5. The quantitative estimate of drug-likeness (QED) is 0.584. The molecule has 0 aliphatic heterocycles. The van der Waals surface area contributed by atoms with Crippen molar-refractivity contribution in [2.24, 2.45) is 0 Å². The monoisotopic (exact) mass is 331 g/mol. The minimum atomic E-state index is -0.254. The van der Waals surface area contributed by atoms with Gasteiger partial charge in [-0.2, -0.15) is 0 Å². The summed E-state index contributed by atoms with van der Waals surface area (Å²) in [5.41, 5.74) is 3.70. The number of nitrogens with zero attached hydrogens (tertiary/aromatic N) is 1. The van der Waals surface area contributed by atoms with Crippen molar-refractivity contribution in [2.45, 2.75) is 6.42 Å². The molecule has 2 aromatic heterocycles. The zero-order chi connectivity index (χ0) is 17.1. The first kappa shape index (κ1) is 15.2. The second-order valence-electron chi connectivity index (χ2n) is 5.76. The van der Waals surface area contributed by atoms with Gasteiger partial charge in [0.05, 0.1) is 0 Å². The van der Waals surface area contributed by atoms with Gasteiger partial charge < -0.3 is 14.7 Å². The van der Waals surface area contributed by atoms with E-state index in [-0.39, 0.29) is 11.7 Å². The van der Waals surface area contributed by atoms with Crippen LogP contribution < -0.4 is 5.32 Å². The molecule has 5 heteroatoms. The summed E-state index contributed by atoms with van der Waals surface area (Å²) in [5, 5.41) is 4.09. The van der Waals surface area contributed by atoms with Gasteiger partial charge in [0, 0.05) is 29.2 Å². The summed E-state index contributed by atoms with van der Waals surface area (Å²) >= 11 is 0. The van der Waals surface area contributed by atoms with Crippen molar-refractivity contribution in [3.8, 4) is 11.3 Å². The van der Waals surface area contributed by atoms with Gasteiger partial charge in [-0.3, -0.25) is 4.79 Å². The Morgan fingerprint density at radius 1 is 1.08 bits per heavy atom. The average Bonchev–Trinajstić information content (AvgIpc) is 3.30. The number of hydrogen-bond acceptors (Lipinski definition) is 3. The lowest BCUT2D eigenvalue weighted by Gasteiger charge is -2.04. The number of H-pyrrole nitrogens is 1. The number of carbonyl (C=O) groups is 1. The first-order chi connectivity index (χ1) is 12.3. The van der Waals surface area contributed by atoms with Gasteiger partial charge in [-0.1, -0.05) is 48.5 Å². The van der Waals surface area contributed by atoms with Crippen molar-refractivity contribution < 1.29 is 9.21 Å². The van der Waals surface area contributed by atoms with Crippen LogP contribution in [0.2, 0.25) is 0 Å². The Labute approximate surface area is 144 Å². The van der Waals surface area contributed by atoms with Crippen molar-refractivity contribution in [2.75, 3.05) is 6.54 Å². The maximum atomic E-state index is 12.4. The zero-order valence-electron chi connectivity index (χ0n) is 13.5. The largest absolute Gasteiger partial charge is 0.438 e. The number of hydrogen-bond donors (Lipinski definition) is 2. The molecule has 25 heavy (non-hydrogen) atoms. The summed E-state index contributed by atoms with van der Waals surface area (Å²) in [5.74, 6) is -0.0127. The Morgan fingerprint density at radius 3 is 2.76 bits per heavy atom. The highest BCUT2D eigenvalue weighted by Crippen LogP contribution is 2.22. The Balaban J connectivity index is 1.44. The van der Waals surface area contributed by atoms with E-state index in [1.54, 1.807) is 0 Å². The minimum Gasteiger partial charge on any atom is -0.438 e. The summed E-state index contributed by atoms with van der Waals surface area (Å²) in [6.07, 6.45) is 4.03. The first-order valence-electron chi connectivity index (χ1n) is 8.15. The molecule has 4 rings (SSSR count). The molecule has 0 saturated carbocycles. The van der Waals surface area contributed by atoms with E-state index in [0.29, 0.717) is 12.2 Å². The number of para-hydroxylation sites is 1. The van der Waals surface area contributed by atoms with E-state index in [9.17, 15) is 4.79 Å². The van der Waals surface area contributed by atoms with Crippen LogP contribution in [0.15, 0.2) is 71.6 Å². The van der Waals surface area contributed by atoms with Gasteiger partial charge in [-0.15, -0.1) is 0 Å². The molecular formula is C20H17N3O2. The summed E-state index contributed by atoms with van der Waals surface area (Å²) in [6, 6.07) is 17.7. The van der Waals surface area contributed by atoms with Crippen molar-refractivity contribution in [1.82, 2.24) is 15.3 Å². The third kappa shape index (κ3) is 3.04. The second-order valence-corrected chi connectivity index (χ2v) is 5.76. The summed E-state index contributed by atoms with van der Waals surface area (Å²) in [4.78, 5) is 19.9. The van der Waals surface area contributed by atoms with Crippen molar-refractivity contribution in [3.63, 3.8) is 0 Å². The lowest BCUT2D eigenvalue weighted by Crippen LogP contribution is -2.25. The summed E-state index contributed by atoms with van der Waals surface area (Å²) < 4.78 is 5.31. The number of benzene rings is 2. The third-order valence-electron chi connectivity index (χ3n) is 4.18. The molecule has 124 valence electrons. The van der Waals surface area contributed by atoms with Crippen molar-refractivity contribution >= 4 is 16.8 Å². The minimum absolute atomic E-state index is 0.241. The van der Waals surface area contributed by atoms with Crippen molar-refractivity contribution in [3.05, 3.63) is 78.5 Å². The van der Waals surface area contributed by atoms with E-state index < -0.39 is 0 Å². The van der Waals surface area contributed by atoms with Crippen LogP contribution in [0.25, 0.3) is 22.2 Å². The third-order valence-corrected chi connectivity index (χ3v) is 4.18. The number of carbonyl (C=O) groups excluding carboxylic acids is 1. The SMILES string of the molecule is O=C(NCCc1c[nH]c2ccccc12)c1ocnc1-c1ccccc1. The predicted molar refractivity (Wildman–Crippen MR) is 96.3 cm³/mol. The topological polar surface area (TPSA) is 70.9 Å². The van der Waals surface area contributed by atoms with Crippen molar-refractivity contribution in [1.29, 1.82) is 0 Å². The molecular weight excluding hydrogens is 314 g/mol. The Hall–Kier alpha value is -3.34. The highest BCUT2D eigenvalue weighted by Gasteiger charge is 2.18. The van der Waals surface area contributed by atoms with E-state index in [2.05, 4.69) is 21.4 Å². The van der Waals surface area contributed by atoms with Crippen LogP contribution >= 0.6 is 0 Å². The molecule has 0 aliphatic rings. The molecule has 0 bridgehead atoms. The predicted octanol–water partition coefficient (Wildman–Crippen LogP) is 3.80. The molecule has 1 amide bonds. The molecule has 0 unspecified atom stereocenters. The van der Waals surface area contributed by atoms with Gasteiger partial charge in [0.2, 0.25) is 5.76 Å². The molecule has 2 aromatic carbocycles. The fourth-order valence-corrected chi connectivity index (χ4v) is 2.94. The van der Waals surface area contributed by atoms with Crippen LogP contribution in [-0.2, 0) is 6.42 Å². The summed E-state index contributed by atoms with van der Waals surface area (Å²) in [6.45, 7) is 0.523. The maximum absolute atomic E-state index is 12.4. The molecule has 0 saturated heterocycles. The lowest BCUT2D eigenvalue weighted by molar-refractivity contribution is 0.0927. The van der Waals surface area contributed by atoms with E-state index in [0.717, 1.165) is 17.5 Å². The smallest absolute Gasteiger partial charge is 0.289 e. The highest BCUT2D eigenvalue weighted by molar-refractivity contribution is 5.97. The Morgan fingerprint density at radius 2 is 1.88 bits per heavy atom. The standard InChI is InChI=1S/C20H17N3O2/c24-20(19-18(23-13-25-19)14-6-2-1-3-7-14)21-11-10-15-12-22-17-9-5-4-8-16(15)17/h1-9,12-13,22H,10-11H2,(H,21,24). The first-order valence-corrected chi connectivity index (χ1v) is 8.15. The molecule has 0 atom stereocenters. The number of oxazole rings is 1. The van der Waals surface area contributed by atoms with Gasteiger partial charge in [-0.05, 0) is 18.1 Å². The van der Waals surface area contributed by atoms with Crippen LogP contribution in [0.4, 0.5) is 0 Å². The summed E-state index contributed by atoms with van der Waals surface area (Å²) in [7, 11) is 0. The molecule has 0 fully saturated rings. The number of aromatic amines is 1. The van der Waals surface area contributed by atoms with Gasteiger partial charge in [0.25, 0.3) is 5.91 Å². The van der Waals surface area contributed by atoms with Crippen LogP contribution in [0.1, 0.15) is 16.1 Å². The lowest BCUT2D eigenvalue weighted by atomic mass is 10.1. The fourth-order valence-electron chi connectivity index (χ4n) is 2.94. The molecule has 0 spiro atoms. The molecule has 5 nitrogen and oxygen atoms in total. The van der Waals surface area contributed by atoms with Gasteiger partial charge >= 0.3 is 0 Å². The maximum Gasteiger partial charge on any atom is 0.289 e. The van der Waals surface area contributed by atoms with E-state index in [4.69, 9.17) is 4.42 Å². The highest BCUT2D eigenvalue weighted by atomic mass is 16.3. The zero-order valence-corrected chi connectivity index (χ0v) is 13.5. The number of aromatic nitrogens is 2. The number of amides is 1. The van der Waals surface area contributed by atoms with Gasteiger partial charge in [-0.25, -0.2) is 4.98 Å². The van der Waals surface area contributed by atoms with Crippen LogP contribution in [0, 0.1) is 0 Å². The molecule has 2 heterocycles. The molecule has 0 radical (unpaired) electrons. The van der Waals surface area contributed by atoms with E-state index in [1.165, 1.54) is 17.3 Å². The Kier molecular flexibility index (Phi) is 4.04. The van der Waals surface area contributed by atoms with Crippen LogP contribution in [-0.4, -0.2) is 22.4 Å².